The largest absolute Gasteiger partial charge is 0.496 e. The van der Waals surface area contributed by atoms with Crippen molar-refractivity contribution >= 4 is 11.3 Å². The van der Waals surface area contributed by atoms with Crippen molar-refractivity contribution in [1.82, 2.24) is 14.7 Å². The first-order chi connectivity index (χ1) is 13.9. The Balaban J connectivity index is 1.77. The van der Waals surface area contributed by atoms with Gasteiger partial charge in [-0.2, -0.15) is 13.2 Å². The maximum absolute atomic E-state index is 13.3. The molecule has 1 aromatic carbocycles. The average Bonchev–Trinajstić information content (AvgIpc) is 2.73. The molecule has 0 radical (unpaired) electrons. The minimum atomic E-state index is -4.58. The van der Waals surface area contributed by atoms with Crippen molar-refractivity contribution in [3.05, 3.63) is 58.5 Å². The fourth-order valence-electron chi connectivity index (χ4n) is 3.44. The third-order valence-corrected chi connectivity index (χ3v) is 4.93. The first-order valence-electron chi connectivity index (χ1n) is 9.11. The molecule has 1 N–H and O–H groups in total. The summed E-state index contributed by atoms with van der Waals surface area (Å²) >= 11 is 0. The Labute approximate surface area is 164 Å². The van der Waals surface area contributed by atoms with Crippen LogP contribution >= 0.6 is 0 Å². The van der Waals surface area contributed by atoms with Crippen molar-refractivity contribution in [2.45, 2.75) is 6.18 Å². The van der Waals surface area contributed by atoms with E-state index in [0.717, 1.165) is 37.9 Å². The molecular weight excluding hydrogens is 385 g/mol. The molecule has 29 heavy (non-hydrogen) atoms. The number of halogens is 3. The van der Waals surface area contributed by atoms with Crippen molar-refractivity contribution in [2.75, 3.05) is 38.2 Å². The Morgan fingerprint density at radius 1 is 1.10 bits per heavy atom. The lowest BCUT2D eigenvalue weighted by molar-refractivity contribution is -0.138. The molecule has 1 fully saturated rings. The second kappa shape index (κ2) is 7.40. The smallest absolute Gasteiger partial charge is 0.419 e. The number of nitrogens with zero attached hydrogens (tertiary/aromatic N) is 3. The van der Waals surface area contributed by atoms with E-state index in [-0.39, 0.29) is 22.6 Å². The zero-order chi connectivity index (χ0) is 20.6. The maximum Gasteiger partial charge on any atom is 0.419 e. The van der Waals surface area contributed by atoms with Gasteiger partial charge in [-0.3, -0.25) is 9.20 Å². The van der Waals surface area contributed by atoms with Gasteiger partial charge in [0.2, 0.25) is 0 Å². The molecule has 3 heterocycles. The van der Waals surface area contributed by atoms with Crippen LogP contribution in [0.1, 0.15) is 5.56 Å². The zero-order valence-corrected chi connectivity index (χ0v) is 15.7. The van der Waals surface area contributed by atoms with Crippen LogP contribution in [0.5, 0.6) is 5.75 Å². The van der Waals surface area contributed by atoms with Gasteiger partial charge in [-0.05, 0) is 30.3 Å². The number of ether oxygens (including phenoxy) is 1. The molecule has 0 atom stereocenters. The highest BCUT2D eigenvalue weighted by Crippen LogP contribution is 2.38. The number of rotatable bonds is 3. The molecule has 152 valence electrons. The Morgan fingerprint density at radius 3 is 2.55 bits per heavy atom. The Morgan fingerprint density at radius 2 is 1.86 bits per heavy atom. The van der Waals surface area contributed by atoms with Gasteiger partial charge in [0.15, 0.2) is 0 Å². The molecule has 0 saturated carbocycles. The van der Waals surface area contributed by atoms with Crippen molar-refractivity contribution in [1.29, 1.82) is 0 Å². The van der Waals surface area contributed by atoms with Gasteiger partial charge in [0.1, 0.15) is 11.4 Å². The summed E-state index contributed by atoms with van der Waals surface area (Å²) in [4.78, 5) is 19.2. The predicted octanol–water partition coefficient (Wildman–Crippen LogP) is 2.80. The first kappa shape index (κ1) is 19.3. The van der Waals surface area contributed by atoms with Crippen molar-refractivity contribution in [3.63, 3.8) is 0 Å². The monoisotopic (exact) mass is 404 g/mol. The number of pyridine rings is 1. The van der Waals surface area contributed by atoms with E-state index in [9.17, 15) is 18.0 Å². The number of nitrogens with one attached hydrogen (secondary N) is 1. The van der Waals surface area contributed by atoms with Crippen molar-refractivity contribution < 1.29 is 17.9 Å². The lowest BCUT2D eigenvalue weighted by Crippen LogP contribution is -2.43. The highest BCUT2D eigenvalue weighted by atomic mass is 19.4. The molecule has 3 aromatic rings. The quantitative estimate of drug-likeness (QED) is 0.728. The van der Waals surface area contributed by atoms with Crippen LogP contribution in [0, 0.1) is 0 Å². The number of alkyl halides is 3. The molecule has 1 aliphatic rings. The minimum absolute atomic E-state index is 0.179. The average molecular weight is 404 g/mol. The van der Waals surface area contributed by atoms with E-state index in [0.29, 0.717) is 5.65 Å². The lowest BCUT2D eigenvalue weighted by atomic mass is 10.1. The number of benzene rings is 1. The second-order valence-electron chi connectivity index (χ2n) is 6.74. The number of piperazine rings is 1. The summed E-state index contributed by atoms with van der Waals surface area (Å²) in [5, 5.41) is 3.27. The fourth-order valence-corrected chi connectivity index (χ4v) is 3.44. The van der Waals surface area contributed by atoms with Gasteiger partial charge in [-0.25, -0.2) is 4.98 Å². The molecule has 4 rings (SSSR count). The maximum atomic E-state index is 13.3. The van der Waals surface area contributed by atoms with E-state index in [1.54, 1.807) is 12.3 Å². The Bertz CT molecular complexity index is 1110. The van der Waals surface area contributed by atoms with Crippen LogP contribution in [0.15, 0.2) is 47.4 Å². The highest BCUT2D eigenvalue weighted by Gasteiger charge is 2.34. The van der Waals surface area contributed by atoms with Crippen molar-refractivity contribution in [3.8, 4) is 17.0 Å². The van der Waals surface area contributed by atoms with Crippen LogP contribution in [0.2, 0.25) is 0 Å². The Hall–Kier alpha value is -3.07. The lowest BCUT2D eigenvalue weighted by Gasteiger charge is -2.29. The highest BCUT2D eigenvalue weighted by molar-refractivity contribution is 5.65. The molecular formula is C20H19F3N4O2. The van der Waals surface area contributed by atoms with Gasteiger partial charge in [-0.15, -0.1) is 0 Å². The third kappa shape index (κ3) is 3.77. The van der Waals surface area contributed by atoms with Crippen LogP contribution in [0.3, 0.4) is 0 Å². The zero-order valence-electron chi connectivity index (χ0n) is 15.7. The van der Waals surface area contributed by atoms with Crippen LogP contribution in [-0.4, -0.2) is 42.7 Å². The molecule has 1 aliphatic heterocycles. The van der Waals surface area contributed by atoms with Crippen LogP contribution < -0.4 is 20.5 Å². The SMILES string of the molecule is COc1ccc(-c2cc(=O)n3cc(N4CCNCC4)ccc3n2)cc1C(F)(F)F. The van der Waals surface area contributed by atoms with Crippen molar-refractivity contribution in [2.24, 2.45) is 0 Å². The van der Waals surface area contributed by atoms with E-state index < -0.39 is 11.7 Å². The summed E-state index contributed by atoms with van der Waals surface area (Å²) in [5.41, 5.74) is 0.386. The molecule has 0 aliphatic carbocycles. The van der Waals surface area contributed by atoms with Gasteiger partial charge in [-0.1, -0.05) is 0 Å². The molecule has 0 bridgehead atoms. The standard InChI is InChI=1S/C20H19F3N4O2/c1-29-17-4-2-13(10-15(17)20(21,22)23)16-11-19(28)27-12-14(3-5-18(27)25-16)26-8-6-24-7-9-26/h2-5,10-12,24H,6-9H2,1H3. The molecule has 0 amide bonds. The van der Waals surface area contributed by atoms with E-state index >= 15 is 0 Å². The fraction of sp³-hybridized carbons (Fsp3) is 0.300. The van der Waals surface area contributed by atoms with E-state index in [2.05, 4.69) is 15.2 Å². The molecule has 0 unspecified atom stereocenters. The van der Waals surface area contributed by atoms with Gasteiger partial charge in [0.25, 0.3) is 5.56 Å². The second-order valence-corrected chi connectivity index (χ2v) is 6.74. The van der Waals surface area contributed by atoms with Crippen LogP contribution in [0.25, 0.3) is 16.9 Å². The molecule has 6 nitrogen and oxygen atoms in total. The number of hydrogen-bond acceptors (Lipinski definition) is 5. The number of anilines is 1. The van der Waals surface area contributed by atoms with E-state index in [1.807, 2.05) is 6.07 Å². The van der Waals surface area contributed by atoms with Gasteiger partial charge < -0.3 is 15.0 Å². The van der Waals surface area contributed by atoms with Gasteiger partial charge in [0, 0.05) is 44.0 Å². The Kier molecular flexibility index (Phi) is 4.91. The van der Waals surface area contributed by atoms with Gasteiger partial charge in [0.05, 0.1) is 24.1 Å². The topological polar surface area (TPSA) is 58.9 Å². The predicted molar refractivity (Wildman–Crippen MR) is 104 cm³/mol. The summed E-state index contributed by atoms with van der Waals surface area (Å²) in [7, 11) is 1.18. The normalized spacial score (nSPS) is 15.0. The minimum Gasteiger partial charge on any atom is -0.496 e. The molecule has 2 aromatic heterocycles. The van der Waals surface area contributed by atoms with E-state index in [1.165, 1.54) is 29.7 Å². The number of fused-ring (bicyclic) bond motifs is 1. The summed E-state index contributed by atoms with van der Waals surface area (Å²) < 4.78 is 46.2. The summed E-state index contributed by atoms with van der Waals surface area (Å²) in [6, 6.07) is 8.46. The third-order valence-electron chi connectivity index (χ3n) is 4.93. The number of methoxy groups -OCH3 is 1. The molecule has 1 saturated heterocycles. The summed E-state index contributed by atoms with van der Waals surface area (Å²) in [6.07, 6.45) is -2.86. The molecule has 9 heteroatoms. The first-order valence-corrected chi connectivity index (χ1v) is 9.11. The van der Waals surface area contributed by atoms with Crippen LogP contribution in [0.4, 0.5) is 18.9 Å². The molecule has 0 spiro atoms. The number of aromatic nitrogens is 2. The van der Waals surface area contributed by atoms with E-state index in [4.69, 9.17) is 4.74 Å². The summed E-state index contributed by atoms with van der Waals surface area (Å²) in [6.45, 7) is 3.39. The summed E-state index contributed by atoms with van der Waals surface area (Å²) in [5.74, 6) is -0.278. The number of hydrogen-bond donors (Lipinski definition) is 1. The van der Waals surface area contributed by atoms with Gasteiger partial charge >= 0.3 is 6.18 Å². The van der Waals surface area contributed by atoms with Crippen LogP contribution in [-0.2, 0) is 6.18 Å².